The van der Waals surface area contributed by atoms with E-state index in [1.807, 2.05) is 42.5 Å². The number of hydrogen-bond acceptors (Lipinski definition) is 4. The van der Waals surface area contributed by atoms with Crippen molar-refractivity contribution in [3.63, 3.8) is 0 Å². The summed E-state index contributed by atoms with van der Waals surface area (Å²) in [5.41, 5.74) is 8.96. The van der Waals surface area contributed by atoms with Gasteiger partial charge in [-0.1, -0.05) is 54.9 Å². The second-order valence-corrected chi connectivity index (χ2v) is 6.78. The van der Waals surface area contributed by atoms with Gasteiger partial charge in [-0.2, -0.15) is 0 Å². The Hall–Kier alpha value is -2.86. The lowest BCUT2D eigenvalue weighted by atomic mass is 10.0. The van der Waals surface area contributed by atoms with Crippen LogP contribution in [-0.2, 0) is 6.54 Å². The van der Waals surface area contributed by atoms with Crippen molar-refractivity contribution in [3.8, 4) is 0 Å². The van der Waals surface area contributed by atoms with Crippen molar-refractivity contribution >= 4 is 29.0 Å². The zero-order valence-electron chi connectivity index (χ0n) is 14.6. The highest BCUT2D eigenvalue weighted by atomic mass is 35.5. The number of hydrogen-bond donors (Lipinski definition) is 2. The highest BCUT2D eigenvalue weighted by Crippen LogP contribution is 2.19. The number of nitrogens with zero attached hydrogens (tertiary/aromatic N) is 3. The monoisotopic (exact) mass is 369 g/mol. The van der Waals surface area contributed by atoms with Gasteiger partial charge in [0.25, 0.3) is 5.91 Å². The molecule has 0 unspecified atom stereocenters. The molecule has 1 heterocycles. The van der Waals surface area contributed by atoms with E-state index in [2.05, 4.69) is 29.5 Å². The minimum Gasteiger partial charge on any atom is -0.382 e. The van der Waals surface area contributed by atoms with Gasteiger partial charge in [-0.05, 0) is 41.3 Å². The van der Waals surface area contributed by atoms with E-state index in [0.717, 1.165) is 5.56 Å². The maximum atomic E-state index is 12.4. The molecule has 3 aromatic rings. The zero-order valence-corrected chi connectivity index (χ0v) is 15.4. The number of carbonyl (C=O) groups excluding carboxylic acids is 1. The highest BCUT2D eigenvalue weighted by molar-refractivity contribution is 6.30. The lowest BCUT2D eigenvalue weighted by molar-refractivity contribution is 0.102. The Kier molecular flexibility index (Phi) is 5.23. The van der Waals surface area contributed by atoms with Crippen molar-refractivity contribution in [3.05, 3.63) is 70.4 Å². The normalized spacial score (nSPS) is 10.9. The molecular formula is C19H20ClN5O. The van der Waals surface area contributed by atoms with Crippen LogP contribution in [0.25, 0.3) is 0 Å². The van der Waals surface area contributed by atoms with Crippen molar-refractivity contribution < 1.29 is 4.79 Å². The molecule has 3 rings (SSSR count). The molecule has 0 aliphatic heterocycles. The van der Waals surface area contributed by atoms with Crippen LogP contribution < -0.4 is 11.1 Å². The molecule has 0 aliphatic rings. The van der Waals surface area contributed by atoms with Crippen molar-refractivity contribution in [1.82, 2.24) is 15.0 Å². The van der Waals surface area contributed by atoms with E-state index in [1.165, 1.54) is 10.2 Å². The van der Waals surface area contributed by atoms with Gasteiger partial charge in [0.15, 0.2) is 11.5 Å². The zero-order chi connectivity index (χ0) is 18.7. The highest BCUT2D eigenvalue weighted by Gasteiger charge is 2.18. The van der Waals surface area contributed by atoms with Crippen LogP contribution in [0.15, 0.2) is 48.5 Å². The third kappa shape index (κ3) is 4.03. The summed E-state index contributed by atoms with van der Waals surface area (Å²) >= 11 is 5.99. The Morgan fingerprint density at radius 1 is 1.23 bits per heavy atom. The molecule has 1 amide bonds. The number of carbonyl (C=O) groups is 1. The van der Waals surface area contributed by atoms with Gasteiger partial charge in [0.1, 0.15) is 0 Å². The van der Waals surface area contributed by atoms with E-state index in [-0.39, 0.29) is 11.5 Å². The van der Waals surface area contributed by atoms with E-state index in [9.17, 15) is 4.79 Å². The molecule has 0 fully saturated rings. The average molecular weight is 370 g/mol. The maximum absolute atomic E-state index is 12.4. The SMILES string of the molecule is CC(C)c1ccc(NC(=O)c2nnn(Cc3cccc(Cl)c3)c2N)cc1. The summed E-state index contributed by atoms with van der Waals surface area (Å²) in [7, 11) is 0. The molecule has 0 bridgehead atoms. The Morgan fingerprint density at radius 3 is 2.62 bits per heavy atom. The maximum Gasteiger partial charge on any atom is 0.280 e. The second-order valence-electron chi connectivity index (χ2n) is 6.34. The lowest BCUT2D eigenvalue weighted by Gasteiger charge is -2.08. The Labute approximate surface area is 157 Å². The van der Waals surface area contributed by atoms with Gasteiger partial charge in [0.05, 0.1) is 6.54 Å². The van der Waals surface area contributed by atoms with Gasteiger partial charge in [-0.15, -0.1) is 5.10 Å². The van der Waals surface area contributed by atoms with Crippen molar-refractivity contribution in [1.29, 1.82) is 0 Å². The van der Waals surface area contributed by atoms with Gasteiger partial charge in [-0.3, -0.25) is 4.79 Å². The van der Waals surface area contributed by atoms with Crippen LogP contribution in [0.3, 0.4) is 0 Å². The summed E-state index contributed by atoms with van der Waals surface area (Å²) in [6.45, 7) is 4.62. The smallest absolute Gasteiger partial charge is 0.280 e. The van der Waals surface area contributed by atoms with Gasteiger partial charge >= 0.3 is 0 Å². The number of halogens is 1. The summed E-state index contributed by atoms with van der Waals surface area (Å²) in [5.74, 6) is 0.250. The predicted octanol–water partition coefficient (Wildman–Crippen LogP) is 3.94. The van der Waals surface area contributed by atoms with E-state index in [4.69, 9.17) is 17.3 Å². The minimum atomic E-state index is -0.392. The standard InChI is InChI=1S/C19H20ClN5O/c1-12(2)14-6-8-16(9-7-14)22-19(26)17-18(21)25(24-23-17)11-13-4-3-5-15(20)10-13/h3-10,12H,11,21H2,1-2H3,(H,22,26). The number of nitrogen functional groups attached to an aromatic ring is 1. The average Bonchev–Trinajstić information content (AvgIpc) is 2.96. The van der Waals surface area contributed by atoms with Crippen LogP contribution in [0, 0.1) is 0 Å². The molecule has 7 heteroatoms. The molecule has 0 atom stereocenters. The van der Waals surface area contributed by atoms with E-state index >= 15 is 0 Å². The molecule has 134 valence electrons. The fraction of sp³-hybridized carbons (Fsp3) is 0.211. The van der Waals surface area contributed by atoms with Crippen LogP contribution in [0.2, 0.25) is 5.02 Å². The summed E-state index contributed by atoms with van der Waals surface area (Å²) in [5, 5.41) is 11.3. The second kappa shape index (κ2) is 7.58. The van der Waals surface area contributed by atoms with Crippen molar-refractivity contribution in [2.24, 2.45) is 0 Å². The Morgan fingerprint density at radius 2 is 1.96 bits per heavy atom. The first-order chi connectivity index (χ1) is 12.4. The Balaban J connectivity index is 1.73. The molecule has 0 aliphatic carbocycles. The van der Waals surface area contributed by atoms with Crippen molar-refractivity contribution in [2.75, 3.05) is 11.1 Å². The summed E-state index contributed by atoms with van der Waals surface area (Å²) < 4.78 is 1.47. The van der Waals surface area contributed by atoms with Gasteiger partial charge in [0, 0.05) is 10.7 Å². The number of aromatic nitrogens is 3. The first kappa shape index (κ1) is 17.9. The molecular weight excluding hydrogens is 350 g/mol. The van der Waals surface area contributed by atoms with Crippen LogP contribution >= 0.6 is 11.6 Å². The van der Waals surface area contributed by atoms with Gasteiger partial charge < -0.3 is 11.1 Å². The fourth-order valence-corrected chi connectivity index (χ4v) is 2.76. The molecule has 0 saturated heterocycles. The van der Waals surface area contributed by atoms with Gasteiger partial charge in [-0.25, -0.2) is 4.68 Å². The largest absolute Gasteiger partial charge is 0.382 e. The number of benzene rings is 2. The first-order valence-corrected chi connectivity index (χ1v) is 8.66. The Bertz CT molecular complexity index is 918. The third-order valence-electron chi connectivity index (χ3n) is 4.05. The molecule has 26 heavy (non-hydrogen) atoms. The number of rotatable bonds is 5. The molecule has 3 N–H and O–H groups in total. The number of nitrogens with two attached hydrogens (primary N) is 1. The van der Waals surface area contributed by atoms with Crippen LogP contribution in [0.5, 0.6) is 0 Å². The topological polar surface area (TPSA) is 85.8 Å². The number of amides is 1. The molecule has 2 aromatic carbocycles. The third-order valence-corrected chi connectivity index (χ3v) is 4.28. The predicted molar refractivity (Wildman–Crippen MR) is 103 cm³/mol. The molecule has 1 aromatic heterocycles. The van der Waals surface area contributed by atoms with Gasteiger partial charge in [0.2, 0.25) is 0 Å². The lowest BCUT2D eigenvalue weighted by Crippen LogP contribution is -2.15. The van der Waals surface area contributed by atoms with E-state index in [0.29, 0.717) is 23.2 Å². The quantitative estimate of drug-likeness (QED) is 0.713. The number of anilines is 2. The minimum absolute atomic E-state index is 0.0972. The van der Waals surface area contributed by atoms with Crippen molar-refractivity contribution in [2.45, 2.75) is 26.3 Å². The van der Waals surface area contributed by atoms with Crippen LogP contribution in [0.4, 0.5) is 11.5 Å². The number of nitrogens with one attached hydrogen (secondary N) is 1. The van der Waals surface area contributed by atoms with Crippen LogP contribution in [0.1, 0.15) is 41.4 Å². The summed E-state index contributed by atoms with van der Waals surface area (Å²) in [4.78, 5) is 12.4. The molecule has 0 radical (unpaired) electrons. The molecule has 0 spiro atoms. The summed E-state index contributed by atoms with van der Waals surface area (Å²) in [6.07, 6.45) is 0. The van der Waals surface area contributed by atoms with E-state index < -0.39 is 5.91 Å². The fourth-order valence-electron chi connectivity index (χ4n) is 2.55. The van der Waals surface area contributed by atoms with Crippen LogP contribution in [-0.4, -0.2) is 20.9 Å². The van der Waals surface area contributed by atoms with E-state index in [1.54, 1.807) is 6.07 Å². The molecule has 0 saturated carbocycles. The first-order valence-electron chi connectivity index (χ1n) is 8.28. The summed E-state index contributed by atoms with van der Waals surface area (Å²) in [6, 6.07) is 15.1. The molecule has 6 nitrogen and oxygen atoms in total.